The maximum atomic E-state index is 12.5. The number of aromatic nitrogens is 2. The largest absolute Gasteiger partial charge is 0.481 e. The number of rotatable bonds is 5. The summed E-state index contributed by atoms with van der Waals surface area (Å²) in [5.74, 6) is -0.387. The standard InChI is InChI=1S/C17H25N3O3/c1-11(2)14-13(9-18-12(3)20-14)15(21)19-10-17(16(22)23)7-5-4-6-8-17/h9,11H,4-8,10H2,1-3H3,(H,19,21)(H,22,23). The van der Waals surface area contributed by atoms with Gasteiger partial charge in [0.05, 0.1) is 16.7 Å². The van der Waals surface area contributed by atoms with Crippen molar-refractivity contribution in [2.45, 2.75) is 58.8 Å². The summed E-state index contributed by atoms with van der Waals surface area (Å²) >= 11 is 0. The molecule has 1 saturated carbocycles. The monoisotopic (exact) mass is 319 g/mol. The average molecular weight is 319 g/mol. The molecule has 0 radical (unpaired) electrons. The molecule has 0 saturated heterocycles. The first-order valence-electron chi connectivity index (χ1n) is 8.21. The van der Waals surface area contributed by atoms with Crippen LogP contribution in [0.4, 0.5) is 0 Å². The molecule has 0 aromatic carbocycles. The van der Waals surface area contributed by atoms with Crippen LogP contribution >= 0.6 is 0 Å². The minimum absolute atomic E-state index is 0.0977. The van der Waals surface area contributed by atoms with E-state index in [4.69, 9.17) is 0 Å². The van der Waals surface area contributed by atoms with Gasteiger partial charge >= 0.3 is 5.97 Å². The molecule has 0 atom stereocenters. The Labute approximate surface area is 136 Å². The fourth-order valence-corrected chi connectivity index (χ4v) is 3.14. The highest BCUT2D eigenvalue weighted by molar-refractivity contribution is 5.95. The maximum absolute atomic E-state index is 12.5. The molecule has 1 aliphatic carbocycles. The fraction of sp³-hybridized carbons (Fsp3) is 0.647. The smallest absolute Gasteiger partial charge is 0.311 e. The zero-order chi connectivity index (χ0) is 17.0. The van der Waals surface area contributed by atoms with Gasteiger partial charge in [0, 0.05) is 12.7 Å². The maximum Gasteiger partial charge on any atom is 0.311 e. The lowest BCUT2D eigenvalue weighted by Gasteiger charge is -2.33. The van der Waals surface area contributed by atoms with Crippen LogP contribution in [0.1, 0.15) is 73.7 Å². The number of hydrogen-bond donors (Lipinski definition) is 2. The van der Waals surface area contributed by atoms with Crippen molar-refractivity contribution < 1.29 is 14.7 Å². The summed E-state index contributed by atoms with van der Waals surface area (Å²) < 4.78 is 0. The van der Waals surface area contributed by atoms with Gasteiger partial charge in [-0.3, -0.25) is 9.59 Å². The number of nitrogens with one attached hydrogen (secondary N) is 1. The van der Waals surface area contributed by atoms with E-state index in [0.29, 0.717) is 29.9 Å². The van der Waals surface area contributed by atoms with Gasteiger partial charge in [-0.2, -0.15) is 0 Å². The number of hydrogen-bond acceptors (Lipinski definition) is 4. The van der Waals surface area contributed by atoms with E-state index in [-0.39, 0.29) is 18.4 Å². The van der Waals surface area contributed by atoms with E-state index in [2.05, 4.69) is 15.3 Å². The summed E-state index contributed by atoms with van der Waals surface area (Å²) in [6.45, 7) is 5.89. The van der Waals surface area contributed by atoms with Gasteiger partial charge in [0.15, 0.2) is 0 Å². The van der Waals surface area contributed by atoms with E-state index in [1.165, 1.54) is 6.20 Å². The lowest BCUT2D eigenvalue weighted by molar-refractivity contribution is -0.150. The van der Waals surface area contributed by atoms with Crippen molar-refractivity contribution in [3.05, 3.63) is 23.3 Å². The molecule has 126 valence electrons. The normalized spacial score (nSPS) is 17.0. The molecule has 1 amide bonds. The van der Waals surface area contributed by atoms with Gasteiger partial charge in [-0.1, -0.05) is 33.1 Å². The van der Waals surface area contributed by atoms with Gasteiger partial charge in [-0.15, -0.1) is 0 Å². The number of carbonyl (C=O) groups excluding carboxylic acids is 1. The second-order valence-electron chi connectivity index (χ2n) is 6.70. The molecule has 0 spiro atoms. The van der Waals surface area contributed by atoms with Crippen molar-refractivity contribution in [2.75, 3.05) is 6.54 Å². The molecule has 0 aliphatic heterocycles. The van der Waals surface area contributed by atoms with Crippen LogP contribution < -0.4 is 5.32 Å². The van der Waals surface area contributed by atoms with E-state index in [9.17, 15) is 14.7 Å². The van der Waals surface area contributed by atoms with Crippen LogP contribution in [0, 0.1) is 12.3 Å². The predicted octanol–water partition coefficient (Wildman–Crippen LogP) is 2.67. The Balaban J connectivity index is 2.14. The van der Waals surface area contributed by atoms with Crippen LogP contribution in [0.25, 0.3) is 0 Å². The number of aliphatic carboxylic acids is 1. The molecule has 2 N–H and O–H groups in total. The van der Waals surface area contributed by atoms with Gasteiger partial charge in [0.2, 0.25) is 0 Å². The van der Waals surface area contributed by atoms with Crippen LogP contribution in [-0.4, -0.2) is 33.5 Å². The van der Waals surface area contributed by atoms with Gasteiger partial charge in [-0.05, 0) is 25.7 Å². The zero-order valence-electron chi connectivity index (χ0n) is 14.1. The third kappa shape index (κ3) is 3.86. The van der Waals surface area contributed by atoms with Crippen molar-refractivity contribution in [1.29, 1.82) is 0 Å². The molecule has 2 rings (SSSR count). The van der Waals surface area contributed by atoms with Crippen molar-refractivity contribution in [2.24, 2.45) is 5.41 Å². The van der Waals surface area contributed by atoms with E-state index < -0.39 is 11.4 Å². The Morgan fingerprint density at radius 2 is 1.96 bits per heavy atom. The Morgan fingerprint density at radius 1 is 1.30 bits per heavy atom. The van der Waals surface area contributed by atoms with Gasteiger partial charge in [-0.25, -0.2) is 9.97 Å². The molecule has 23 heavy (non-hydrogen) atoms. The first-order valence-corrected chi connectivity index (χ1v) is 8.21. The summed E-state index contributed by atoms with van der Waals surface area (Å²) in [6, 6.07) is 0. The minimum atomic E-state index is -0.836. The van der Waals surface area contributed by atoms with Crippen molar-refractivity contribution in [3.63, 3.8) is 0 Å². The van der Waals surface area contributed by atoms with E-state index in [0.717, 1.165) is 19.3 Å². The summed E-state index contributed by atoms with van der Waals surface area (Å²) in [6.07, 6.45) is 5.61. The van der Waals surface area contributed by atoms with Gasteiger partial charge in [0.1, 0.15) is 5.82 Å². The van der Waals surface area contributed by atoms with Crippen LogP contribution in [0.2, 0.25) is 0 Å². The predicted molar refractivity (Wildman–Crippen MR) is 86.3 cm³/mol. The average Bonchev–Trinajstić information content (AvgIpc) is 2.53. The second-order valence-corrected chi connectivity index (χ2v) is 6.70. The highest BCUT2D eigenvalue weighted by Gasteiger charge is 2.40. The van der Waals surface area contributed by atoms with Gasteiger partial charge in [0.25, 0.3) is 5.91 Å². The molecule has 0 bridgehead atoms. The third-order valence-electron chi connectivity index (χ3n) is 4.58. The molecule has 0 unspecified atom stereocenters. The fourth-order valence-electron chi connectivity index (χ4n) is 3.14. The van der Waals surface area contributed by atoms with Crippen molar-refractivity contribution in [3.8, 4) is 0 Å². The zero-order valence-corrected chi connectivity index (χ0v) is 14.1. The van der Waals surface area contributed by atoms with E-state index >= 15 is 0 Å². The highest BCUT2D eigenvalue weighted by atomic mass is 16.4. The van der Waals surface area contributed by atoms with Crippen LogP contribution in [0.5, 0.6) is 0 Å². The van der Waals surface area contributed by atoms with Crippen LogP contribution in [0.3, 0.4) is 0 Å². The van der Waals surface area contributed by atoms with E-state index in [1.54, 1.807) is 6.92 Å². The SMILES string of the molecule is Cc1ncc(C(=O)NCC2(C(=O)O)CCCCC2)c(C(C)C)n1. The molecule has 1 aliphatic rings. The number of carbonyl (C=O) groups is 2. The molecular formula is C17H25N3O3. The second kappa shape index (κ2) is 7.06. The minimum Gasteiger partial charge on any atom is -0.481 e. The molecule has 6 nitrogen and oxygen atoms in total. The number of carboxylic acids is 1. The Kier molecular flexibility index (Phi) is 5.34. The molecule has 1 heterocycles. The van der Waals surface area contributed by atoms with Crippen molar-refractivity contribution >= 4 is 11.9 Å². The summed E-state index contributed by atoms with van der Waals surface area (Å²) in [7, 11) is 0. The molecule has 1 aromatic rings. The van der Waals surface area contributed by atoms with Crippen LogP contribution in [0.15, 0.2) is 6.20 Å². The molecule has 6 heteroatoms. The quantitative estimate of drug-likeness (QED) is 0.870. The number of carboxylic acid groups (broad SMARTS) is 1. The number of aryl methyl sites for hydroxylation is 1. The van der Waals surface area contributed by atoms with E-state index in [1.807, 2.05) is 13.8 Å². The topological polar surface area (TPSA) is 92.2 Å². The first kappa shape index (κ1) is 17.4. The Hall–Kier alpha value is -1.98. The molecule has 1 aromatic heterocycles. The highest BCUT2D eigenvalue weighted by Crippen LogP contribution is 2.36. The molecule has 1 fully saturated rings. The van der Waals surface area contributed by atoms with Crippen LogP contribution in [-0.2, 0) is 4.79 Å². The Bertz CT molecular complexity index is 593. The number of amides is 1. The lowest BCUT2D eigenvalue weighted by atomic mass is 9.74. The van der Waals surface area contributed by atoms with Crippen molar-refractivity contribution in [1.82, 2.24) is 15.3 Å². The summed E-state index contributed by atoms with van der Waals surface area (Å²) in [5, 5.41) is 12.4. The summed E-state index contributed by atoms with van der Waals surface area (Å²) in [5.41, 5.74) is 0.294. The lowest BCUT2D eigenvalue weighted by Crippen LogP contribution is -2.44. The Morgan fingerprint density at radius 3 is 2.52 bits per heavy atom. The summed E-state index contributed by atoms with van der Waals surface area (Å²) in [4.78, 5) is 32.6. The van der Waals surface area contributed by atoms with Gasteiger partial charge < -0.3 is 10.4 Å². The molecular weight excluding hydrogens is 294 g/mol. The third-order valence-corrected chi connectivity index (χ3v) is 4.58. The first-order chi connectivity index (χ1) is 10.9. The number of nitrogens with zero attached hydrogens (tertiary/aromatic N) is 2.